The average Bonchev–Trinajstić information content (AvgIpc) is 3.23. The maximum Gasteiger partial charge on any atom is 0.228 e. The second kappa shape index (κ2) is 9.22. The second-order valence-corrected chi connectivity index (χ2v) is 10.7. The molecule has 1 spiro atoms. The van der Waals surface area contributed by atoms with Gasteiger partial charge in [0.15, 0.2) is 0 Å². The zero-order chi connectivity index (χ0) is 22.9. The summed E-state index contributed by atoms with van der Waals surface area (Å²) in [4.78, 5) is 26.5. The minimum absolute atomic E-state index is 0.206. The van der Waals surface area contributed by atoms with Gasteiger partial charge in [-0.25, -0.2) is 9.97 Å². The van der Waals surface area contributed by atoms with Gasteiger partial charge in [0, 0.05) is 55.4 Å². The molecule has 3 aliphatic heterocycles. The summed E-state index contributed by atoms with van der Waals surface area (Å²) in [6, 6.07) is 9.87. The van der Waals surface area contributed by atoms with Gasteiger partial charge in [0.25, 0.3) is 0 Å². The summed E-state index contributed by atoms with van der Waals surface area (Å²) in [6.45, 7) is 6.25. The zero-order valence-electron chi connectivity index (χ0n) is 19.4. The molecule has 0 N–H and O–H groups in total. The molecule has 7 heteroatoms. The van der Waals surface area contributed by atoms with Gasteiger partial charge in [-0.2, -0.15) is 0 Å². The van der Waals surface area contributed by atoms with Crippen LogP contribution in [0.2, 0.25) is 5.02 Å². The van der Waals surface area contributed by atoms with Crippen LogP contribution in [0.1, 0.15) is 44.6 Å². The molecule has 0 bridgehead atoms. The quantitative estimate of drug-likeness (QED) is 0.666. The minimum Gasteiger partial charge on any atom is -0.377 e. The van der Waals surface area contributed by atoms with Crippen LogP contribution in [0.15, 0.2) is 42.7 Å². The van der Waals surface area contributed by atoms with E-state index in [4.69, 9.17) is 16.3 Å². The maximum absolute atomic E-state index is 13.5. The lowest BCUT2D eigenvalue weighted by Gasteiger charge is -2.44. The van der Waals surface area contributed by atoms with E-state index in [0.717, 1.165) is 87.8 Å². The number of likely N-dealkylation sites (tertiary alicyclic amines) is 1. The SMILES string of the molecule is CC1(C(=O)N2CCC3(CC2)CO[C@H](Cc2ccccc2Cl)C3)CCN(c2ncccn2)CC1. The van der Waals surface area contributed by atoms with Gasteiger partial charge in [-0.15, -0.1) is 0 Å². The van der Waals surface area contributed by atoms with E-state index >= 15 is 0 Å². The summed E-state index contributed by atoms with van der Waals surface area (Å²) < 4.78 is 6.21. The predicted molar refractivity (Wildman–Crippen MR) is 129 cm³/mol. The van der Waals surface area contributed by atoms with Crippen LogP contribution in [0.5, 0.6) is 0 Å². The molecule has 33 heavy (non-hydrogen) atoms. The largest absolute Gasteiger partial charge is 0.377 e. The van der Waals surface area contributed by atoms with Gasteiger partial charge >= 0.3 is 0 Å². The summed E-state index contributed by atoms with van der Waals surface area (Å²) in [6.07, 6.45) is 9.42. The number of hydrogen-bond acceptors (Lipinski definition) is 5. The number of anilines is 1. The highest BCUT2D eigenvalue weighted by atomic mass is 35.5. The molecule has 176 valence electrons. The van der Waals surface area contributed by atoms with E-state index in [-0.39, 0.29) is 16.9 Å². The van der Waals surface area contributed by atoms with E-state index in [1.165, 1.54) is 0 Å². The van der Waals surface area contributed by atoms with Crippen LogP contribution in [-0.2, 0) is 16.0 Å². The summed E-state index contributed by atoms with van der Waals surface area (Å²) in [7, 11) is 0. The van der Waals surface area contributed by atoms with Crippen LogP contribution in [0.4, 0.5) is 5.95 Å². The Hall–Kier alpha value is -2.18. The highest BCUT2D eigenvalue weighted by Gasteiger charge is 2.46. The summed E-state index contributed by atoms with van der Waals surface area (Å²) >= 11 is 6.35. The Balaban J connectivity index is 1.14. The number of carbonyl (C=O) groups is 1. The van der Waals surface area contributed by atoms with E-state index in [1.54, 1.807) is 12.4 Å². The van der Waals surface area contributed by atoms with E-state index in [1.807, 2.05) is 24.3 Å². The first kappa shape index (κ1) is 22.6. The van der Waals surface area contributed by atoms with Gasteiger partial charge in [0.1, 0.15) is 0 Å². The number of amides is 1. The molecule has 1 atom stereocenters. The molecule has 3 aliphatic rings. The van der Waals surface area contributed by atoms with E-state index in [0.29, 0.717) is 5.91 Å². The second-order valence-electron chi connectivity index (χ2n) is 10.3. The monoisotopic (exact) mass is 468 g/mol. The molecule has 1 amide bonds. The van der Waals surface area contributed by atoms with Crippen molar-refractivity contribution in [3.8, 4) is 0 Å². The van der Waals surface area contributed by atoms with Gasteiger partial charge in [-0.05, 0) is 55.2 Å². The third-order valence-corrected chi connectivity index (χ3v) is 8.39. The van der Waals surface area contributed by atoms with Gasteiger partial charge in [-0.3, -0.25) is 4.79 Å². The van der Waals surface area contributed by atoms with Gasteiger partial charge in [0.2, 0.25) is 11.9 Å². The lowest BCUT2D eigenvalue weighted by molar-refractivity contribution is -0.145. The standard InChI is InChI=1S/C26H33ClN4O2/c1-25(7-13-31(14-8-25)24-28-11-4-12-29-24)23(32)30-15-9-26(10-16-30)18-21(33-19-26)17-20-5-2-3-6-22(20)27/h2-6,11-12,21H,7-10,13-19H2,1H3/t21-/m1/s1. The van der Waals surface area contributed by atoms with Crippen LogP contribution in [0.3, 0.4) is 0 Å². The van der Waals surface area contributed by atoms with Crippen LogP contribution in [0.25, 0.3) is 0 Å². The summed E-state index contributed by atoms with van der Waals surface area (Å²) in [5.74, 6) is 1.08. The number of hydrogen-bond donors (Lipinski definition) is 0. The average molecular weight is 469 g/mol. The van der Waals surface area contributed by atoms with Gasteiger partial charge < -0.3 is 14.5 Å². The van der Waals surface area contributed by atoms with Crippen LogP contribution < -0.4 is 4.90 Å². The lowest BCUT2D eigenvalue weighted by atomic mass is 9.74. The molecule has 1 aromatic carbocycles. The Labute approximate surface area is 201 Å². The molecule has 3 fully saturated rings. The summed E-state index contributed by atoms with van der Waals surface area (Å²) in [5, 5.41) is 0.820. The fraction of sp³-hybridized carbons (Fsp3) is 0.577. The molecule has 3 saturated heterocycles. The van der Waals surface area contributed by atoms with Crippen molar-refractivity contribution in [2.24, 2.45) is 10.8 Å². The van der Waals surface area contributed by atoms with Gasteiger partial charge in [-0.1, -0.05) is 36.7 Å². The first-order valence-electron chi connectivity index (χ1n) is 12.1. The van der Waals surface area contributed by atoms with Crippen LogP contribution >= 0.6 is 11.6 Å². The summed E-state index contributed by atoms with van der Waals surface area (Å²) in [5.41, 5.74) is 1.07. The Morgan fingerprint density at radius 3 is 2.45 bits per heavy atom. The van der Waals surface area contributed by atoms with Crippen molar-refractivity contribution in [1.82, 2.24) is 14.9 Å². The van der Waals surface area contributed by atoms with E-state index in [9.17, 15) is 4.79 Å². The van der Waals surface area contributed by atoms with Crippen molar-refractivity contribution in [1.29, 1.82) is 0 Å². The topological polar surface area (TPSA) is 58.6 Å². The van der Waals surface area contributed by atoms with Crippen molar-refractivity contribution < 1.29 is 9.53 Å². The molecule has 0 unspecified atom stereocenters. The number of piperidine rings is 2. The molecule has 4 heterocycles. The fourth-order valence-electron chi connectivity index (χ4n) is 5.72. The molecule has 5 rings (SSSR count). The normalized spacial score (nSPS) is 24.2. The van der Waals surface area contributed by atoms with Crippen molar-refractivity contribution >= 4 is 23.5 Å². The third-order valence-electron chi connectivity index (χ3n) is 8.02. The van der Waals surface area contributed by atoms with Crippen molar-refractivity contribution in [2.45, 2.75) is 51.6 Å². The van der Waals surface area contributed by atoms with E-state index < -0.39 is 0 Å². The first-order valence-corrected chi connectivity index (χ1v) is 12.5. The number of aromatic nitrogens is 2. The molecular weight excluding hydrogens is 436 g/mol. The number of ether oxygens (including phenoxy) is 1. The lowest BCUT2D eigenvalue weighted by Crippen LogP contribution is -2.52. The van der Waals surface area contributed by atoms with Crippen molar-refractivity contribution in [3.05, 3.63) is 53.3 Å². The molecule has 6 nitrogen and oxygen atoms in total. The van der Waals surface area contributed by atoms with Crippen molar-refractivity contribution in [2.75, 3.05) is 37.7 Å². The predicted octanol–water partition coefficient (Wildman–Crippen LogP) is 4.38. The Kier molecular flexibility index (Phi) is 6.32. The molecule has 2 aromatic rings. The van der Waals surface area contributed by atoms with Crippen molar-refractivity contribution in [3.63, 3.8) is 0 Å². The Morgan fingerprint density at radius 1 is 1.06 bits per heavy atom. The fourth-order valence-corrected chi connectivity index (χ4v) is 5.93. The molecule has 0 saturated carbocycles. The third kappa shape index (κ3) is 4.73. The first-order chi connectivity index (χ1) is 16.0. The van der Waals surface area contributed by atoms with E-state index in [2.05, 4.69) is 32.8 Å². The molecule has 0 aliphatic carbocycles. The Bertz CT molecular complexity index is 969. The number of rotatable bonds is 4. The van der Waals surface area contributed by atoms with Gasteiger partial charge in [0.05, 0.1) is 12.7 Å². The number of nitrogens with zero attached hydrogens (tertiary/aromatic N) is 4. The zero-order valence-corrected chi connectivity index (χ0v) is 20.1. The smallest absolute Gasteiger partial charge is 0.228 e. The maximum atomic E-state index is 13.5. The van der Waals surface area contributed by atoms with Crippen LogP contribution in [-0.4, -0.2) is 59.7 Å². The molecule has 0 radical (unpaired) electrons. The number of halogens is 1. The molecular formula is C26H33ClN4O2. The number of benzene rings is 1. The Morgan fingerprint density at radius 2 is 1.76 bits per heavy atom. The molecule has 1 aromatic heterocycles. The van der Waals surface area contributed by atoms with Crippen LogP contribution in [0, 0.1) is 10.8 Å². The highest BCUT2D eigenvalue weighted by Crippen LogP contribution is 2.44. The minimum atomic E-state index is -0.297. The number of carbonyl (C=O) groups excluding carboxylic acids is 1. The highest BCUT2D eigenvalue weighted by molar-refractivity contribution is 6.31.